The van der Waals surface area contributed by atoms with E-state index in [1.54, 1.807) is 0 Å². The molecule has 0 radical (unpaired) electrons. The minimum absolute atomic E-state index is 0.0428. The molecular weight excluding hydrogens is 372 g/mol. The number of fused-ring (bicyclic) bond motifs is 1. The Morgan fingerprint density at radius 2 is 1.71 bits per heavy atom. The van der Waals surface area contributed by atoms with Crippen LogP contribution in [0.5, 0.6) is 5.75 Å². The summed E-state index contributed by atoms with van der Waals surface area (Å²) in [5.41, 5.74) is 0.570. The van der Waals surface area contributed by atoms with Crippen LogP contribution in [0.2, 0.25) is 0 Å². The van der Waals surface area contributed by atoms with Crippen LogP contribution in [-0.4, -0.2) is 17.4 Å². The molecule has 1 aromatic heterocycles. The number of rotatable bonds is 7. The zero-order valence-corrected chi connectivity index (χ0v) is 17.2. The van der Waals surface area contributed by atoms with Gasteiger partial charge in [-0.2, -0.15) is 0 Å². The largest absolute Gasteiger partial charge is 0.489 e. The summed E-state index contributed by atoms with van der Waals surface area (Å²) in [5.74, 6) is 0.378. The Morgan fingerprint density at radius 3 is 2.43 bits per heavy atom. The molecule has 4 nitrogen and oxygen atoms in total. The molecule has 3 rings (SSSR count). The van der Waals surface area contributed by atoms with E-state index in [2.05, 4.69) is 0 Å². The molecule has 0 amide bonds. The number of Topliss-reactive ketones (excluding diaryl/α,β-unsaturated/α-hetero) is 1. The molecule has 1 heterocycles. The van der Waals surface area contributed by atoms with Gasteiger partial charge in [0.15, 0.2) is 5.78 Å². The van der Waals surface area contributed by atoms with Gasteiger partial charge in [0, 0.05) is 11.1 Å². The third-order valence-corrected chi connectivity index (χ3v) is 5.13. The van der Waals surface area contributed by atoms with Gasteiger partial charge in [0.2, 0.25) is 0 Å². The molecule has 2 aromatic carbocycles. The maximum Gasteiger partial charge on any atom is 0.306 e. The normalized spacial score (nSPS) is 11.4. The fraction of sp³-hybridized carbons (Fsp3) is 0.304. The summed E-state index contributed by atoms with van der Waals surface area (Å²) in [5, 5.41) is 0.998. The van der Waals surface area contributed by atoms with Crippen LogP contribution < -0.4 is 4.74 Å². The van der Waals surface area contributed by atoms with Gasteiger partial charge in [-0.1, -0.05) is 30.3 Å². The second kappa shape index (κ2) is 8.57. The van der Waals surface area contributed by atoms with Crippen LogP contribution in [0, 0.1) is 0 Å². The van der Waals surface area contributed by atoms with Crippen molar-refractivity contribution in [3.8, 4) is 5.75 Å². The van der Waals surface area contributed by atoms with Crippen molar-refractivity contribution in [3.63, 3.8) is 0 Å². The lowest BCUT2D eigenvalue weighted by Gasteiger charge is -2.19. The summed E-state index contributed by atoms with van der Waals surface area (Å²) in [4.78, 5) is 24.9. The van der Waals surface area contributed by atoms with E-state index in [9.17, 15) is 9.59 Å². The van der Waals surface area contributed by atoms with Gasteiger partial charge < -0.3 is 9.47 Å². The van der Waals surface area contributed by atoms with E-state index < -0.39 is 5.60 Å². The molecule has 0 atom stereocenters. The molecule has 3 aromatic rings. The number of hydrogen-bond acceptors (Lipinski definition) is 5. The molecule has 28 heavy (non-hydrogen) atoms. The lowest BCUT2D eigenvalue weighted by Crippen LogP contribution is -2.24. The minimum Gasteiger partial charge on any atom is -0.489 e. The van der Waals surface area contributed by atoms with Gasteiger partial charge in [-0.15, -0.1) is 11.3 Å². The van der Waals surface area contributed by atoms with Crippen molar-refractivity contribution >= 4 is 33.2 Å². The first-order valence-corrected chi connectivity index (χ1v) is 10.1. The molecular formula is C23H24O4S. The van der Waals surface area contributed by atoms with E-state index in [-0.39, 0.29) is 24.6 Å². The average molecular weight is 397 g/mol. The molecule has 0 fully saturated rings. The number of ether oxygens (including phenoxy) is 2. The average Bonchev–Trinajstić information content (AvgIpc) is 3.07. The van der Waals surface area contributed by atoms with Crippen molar-refractivity contribution < 1.29 is 19.1 Å². The van der Waals surface area contributed by atoms with Crippen LogP contribution in [0.1, 0.15) is 48.8 Å². The maximum absolute atomic E-state index is 12.5. The van der Waals surface area contributed by atoms with Crippen molar-refractivity contribution in [2.24, 2.45) is 0 Å². The molecule has 0 spiro atoms. The molecule has 0 saturated carbocycles. The third-order valence-electron chi connectivity index (χ3n) is 3.99. The van der Waals surface area contributed by atoms with E-state index in [0.717, 1.165) is 21.4 Å². The summed E-state index contributed by atoms with van der Waals surface area (Å²) in [6.45, 7) is 5.95. The maximum atomic E-state index is 12.5. The van der Waals surface area contributed by atoms with Crippen LogP contribution in [0.4, 0.5) is 0 Å². The lowest BCUT2D eigenvalue weighted by molar-refractivity contribution is -0.154. The smallest absolute Gasteiger partial charge is 0.306 e. The molecule has 0 unspecified atom stereocenters. The van der Waals surface area contributed by atoms with Gasteiger partial charge in [-0.25, -0.2) is 0 Å². The molecule has 0 aliphatic carbocycles. The van der Waals surface area contributed by atoms with E-state index >= 15 is 0 Å². The highest BCUT2D eigenvalue weighted by atomic mass is 32.1. The van der Waals surface area contributed by atoms with Gasteiger partial charge in [0.1, 0.15) is 18.0 Å². The van der Waals surface area contributed by atoms with E-state index in [4.69, 9.17) is 9.47 Å². The first kappa shape index (κ1) is 20.1. The summed E-state index contributed by atoms with van der Waals surface area (Å²) < 4.78 is 12.1. The predicted molar refractivity (Wildman–Crippen MR) is 112 cm³/mol. The summed E-state index contributed by atoms with van der Waals surface area (Å²) >= 11 is 1.42. The van der Waals surface area contributed by atoms with Crippen molar-refractivity contribution in [2.45, 2.75) is 45.8 Å². The van der Waals surface area contributed by atoms with Crippen LogP contribution in [0.3, 0.4) is 0 Å². The Labute approximate surface area is 169 Å². The highest BCUT2D eigenvalue weighted by Gasteiger charge is 2.18. The standard InChI is InChI=1S/C23H24O4S/c1-23(2,3)27-22(25)12-11-19(24)21-13-17-9-10-18(14-20(17)28-21)26-15-16-7-5-4-6-8-16/h4-10,13-14H,11-12,15H2,1-3H3. The zero-order valence-electron chi connectivity index (χ0n) is 16.4. The summed E-state index contributed by atoms with van der Waals surface area (Å²) in [7, 11) is 0. The lowest BCUT2D eigenvalue weighted by atomic mass is 10.1. The highest BCUT2D eigenvalue weighted by molar-refractivity contribution is 7.20. The minimum atomic E-state index is -0.534. The Hall–Kier alpha value is -2.66. The van der Waals surface area contributed by atoms with Gasteiger partial charge in [0.05, 0.1) is 11.3 Å². The zero-order chi connectivity index (χ0) is 20.1. The van der Waals surface area contributed by atoms with Gasteiger partial charge >= 0.3 is 5.97 Å². The first-order valence-electron chi connectivity index (χ1n) is 9.25. The molecule has 5 heteroatoms. The van der Waals surface area contributed by atoms with E-state index in [0.29, 0.717) is 11.5 Å². The van der Waals surface area contributed by atoms with Crippen molar-refractivity contribution in [1.82, 2.24) is 0 Å². The Bertz CT molecular complexity index is 967. The SMILES string of the molecule is CC(C)(C)OC(=O)CCC(=O)c1cc2ccc(OCc3ccccc3)cc2s1. The Kier molecular flexibility index (Phi) is 6.15. The Morgan fingerprint density at radius 1 is 0.964 bits per heavy atom. The Balaban J connectivity index is 1.62. The fourth-order valence-electron chi connectivity index (χ4n) is 2.71. The molecule has 0 bridgehead atoms. The second-order valence-electron chi connectivity index (χ2n) is 7.59. The number of carbonyl (C=O) groups excluding carboxylic acids is 2. The van der Waals surface area contributed by atoms with Crippen molar-refractivity contribution in [3.05, 3.63) is 65.0 Å². The van der Waals surface area contributed by atoms with Crippen LogP contribution in [0.15, 0.2) is 54.6 Å². The van der Waals surface area contributed by atoms with E-state index in [1.165, 1.54) is 11.3 Å². The van der Waals surface area contributed by atoms with Crippen LogP contribution in [-0.2, 0) is 16.1 Å². The van der Waals surface area contributed by atoms with Gasteiger partial charge in [-0.05, 0) is 56.0 Å². The van der Waals surface area contributed by atoms with Gasteiger partial charge in [0.25, 0.3) is 0 Å². The number of carbonyl (C=O) groups is 2. The van der Waals surface area contributed by atoms with Gasteiger partial charge in [-0.3, -0.25) is 9.59 Å². The fourth-order valence-corrected chi connectivity index (χ4v) is 3.77. The summed E-state index contributed by atoms with van der Waals surface area (Å²) in [6, 6.07) is 17.7. The second-order valence-corrected chi connectivity index (χ2v) is 8.68. The first-order chi connectivity index (χ1) is 13.3. The molecule has 0 saturated heterocycles. The number of esters is 1. The molecule has 146 valence electrons. The van der Waals surface area contributed by atoms with Crippen LogP contribution >= 0.6 is 11.3 Å². The molecule has 0 N–H and O–H groups in total. The monoisotopic (exact) mass is 396 g/mol. The van der Waals surface area contributed by atoms with Crippen molar-refractivity contribution in [1.29, 1.82) is 0 Å². The third kappa shape index (κ3) is 5.67. The highest BCUT2D eigenvalue weighted by Crippen LogP contribution is 2.30. The number of ketones is 1. The molecule has 0 aliphatic heterocycles. The predicted octanol–water partition coefficient (Wildman–Crippen LogP) is 5.78. The summed E-state index contributed by atoms with van der Waals surface area (Å²) in [6.07, 6.45) is 0.245. The van der Waals surface area contributed by atoms with E-state index in [1.807, 2.05) is 75.4 Å². The number of benzene rings is 2. The number of thiophene rings is 1. The topological polar surface area (TPSA) is 52.6 Å². The van der Waals surface area contributed by atoms with Crippen molar-refractivity contribution in [2.75, 3.05) is 0 Å². The molecule has 0 aliphatic rings. The quantitative estimate of drug-likeness (QED) is 0.375. The van der Waals surface area contributed by atoms with Crippen LogP contribution in [0.25, 0.3) is 10.1 Å². The number of hydrogen-bond donors (Lipinski definition) is 0.